The van der Waals surface area contributed by atoms with Crippen LogP contribution in [0.5, 0.6) is 0 Å². The van der Waals surface area contributed by atoms with Crippen LogP contribution < -0.4 is 9.80 Å². The quantitative estimate of drug-likeness (QED) is 0.302. The zero-order valence-corrected chi connectivity index (χ0v) is 23.4. The summed E-state index contributed by atoms with van der Waals surface area (Å²) in [5.74, 6) is 1.95. The summed E-state index contributed by atoms with van der Waals surface area (Å²) in [7, 11) is 0. The van der Waals surface area contributed by atoms with Crippen molar-refractivity contribution in [3.05, 3.63) is 84.5 Å². The maximum atomic E-state index is 14.0. The highest BCUT2D eigenvalue weighted by atomic mass is 19.1. The molecule has 0 N–H and O–H groups in total. The maximum Gasteiger partial charge on any atom is 0.263 e. The van der Waals surface area contributed by atoms with Crippen molar-refractivity contribution in [1.82, 2.24) is 24.5 Å². The van der Waals surface area contributed by atoms with E-state index in [0.717, 1.165) is 53.6 Å². The number of carbonyl (C=O) groups is 1. The van der Waals surface area contributed by atoms with E-state index in [1.54, 1.807) is 32.2 Å². The Morgan fingerprint density at radius 3 is 2.63 bits per heavy atom. The van der Waals surface area contributed by atoms with Gasteiger partial charge in [0.15, 0.2) is 11.8 Å². The van der Waals surface area contributed by atoms with Gasteiger partial charge in [-0.15, -0.1) is 5.10 Å². The molecule has 10 heteroatoms. The molecular formula is C31H34FN7O2. The number of aromatic nitrogens is 4. The van der Waals surface area contributed by atoms with Crippen LogP contribution in [0.3, 0.4) is 0 Å². The van der Waals surface area contributed by atoms with Gasteiger partial charge >= 0.3 is 0 Å². The van der Waals surface area contributed by atoms with E-state index in [4.69, 9.17) is 14.8 Å². The average molecular weight is 556 g/mol. The van der Waals surface area contributed by atoms with E-state index >= 15 is 0 Å². The summed E-state index contributed by atoms with van der Waals surface area (Å²) in [6, 6.07) is 16.8. The van der Waals surface area contributed by atoms with Gasteiger partial charge in [0.25, 0.3) is 5.91 Å². The number of anilines is 2. The number of amides is 1. The highest BCUT2D eigenvalue weighted by Gasteiger charge is 2.29. The Morgan fingerprint density at radius 1 is 1.05 bits per heavy atom. The van der Waals surface area contributed by atoms with Crippen LogP contribution in [0.15, 0.2) is 73.1 Å². The van der Waals surface area contributed by atoms with E-state index in [-0.39, 0.29) is 17.8 Å². The van der Waals surface area contributed by atoms with Crippen LogP contribution in [0.4, 0.5) is 16.0 Å². The van der Waals surface area contributed by atoms with Gasteiger partial charge in [0.1, 0.15) is 23.1 Å². The summed E-state index contributed by atoms with van der Waals surface area (Å²) in [6.07, 6.45) is 3.21. The number of piperazine rings is 1. The molecule has 2 saturated heterocycles. The predicted molar refractivity (Wildman–Crippen MR) is 156 cm³/mol. The number of carbonyl (C=O) groups excluding carboxylic acids is 1. The molecule has 6 rings (SSSR count). The third kappa shape index (κ3) is 5.46. The number of hydrogen-bond acceptors (Lipinski definition) is 7. The molecule has 9 nitrogen and oxygen atoms in total. The van der Waals surface area contributed by atoms with Crippen molar-refractivity contribution < 1.29 is 13.9 Å². The van der Waals surface area contributed by atoms with E-state index in [9.17, 15) is 9.18 Å². The first-order valence-electron chi connectivity index (χ1n) is 14.1. The van der Waals surface area contributed by atoms with E-state index in [1.807, 2.05) is 45.8 Å². The molecule has 4 aromatic rings. The molecule has 0 radical (unpaired) electrons. The summed E-state index contributed by atoms with van der Waals surface area (Å²) >= 11 is 0. The zero-order valence-electron chi connectivity index (χ0n) is 23.4. The molecule has 41 heavy (non-hydrogen) atoms. The molecule has 0 bridgehead atoms. The van der Waals surface area contributed by atoms with E-state index in [0.29, 0.717) is 31.9 Å². The van der Waals surface area contributed by atoms with Gasteiger partial charge in [-0.2, -0.15) is 0 Å². The minimum absolute atomic E-state index is 0.0281. The first kappa shape index (κ1) is 26.7. The van der Waals surface area contributed by atoms with Gasteiger partial charge in [-0.25, -0.2) is 18.9 Å². The minimum Gasteiger partial charge on any atom is -0.486 e. The standard InChI is InChI=1S/C31H34FN7O2/c1-21(2)41-22(3)31(40)37-17-15-36(16-18-37)29-11-5-9-25(34-29)27-20-33-28-12-13-30(35-39(27)28)38-14-6-10-26(38)23-7-4-8-24(32)19-23/h4-5,7-9,11-13,19-20,22,26H,1,6,10,14-18H2,2-3H3/t22-,26+/m0/s1. The third-order valence-corrected chi connectivity index (χ3v) is 7.77. The maximum absolute atomic E-state index is 14.0. The highest BCUT2D eigenvalue weighted by molar-refractivity contribution is 5.81. The van der Waals surface area contributed by atoms with Gasteiger partial charge in [-0.3, -0.25) is 4.79 Å². The third-order valence-electron chi connectivity index (χ3n) is 7.77. The SMILES string of the molecule is C=C(C)O[C@@H](C)C(=O)N1CCN(c2cccc(-c3cnc4ccc(N5CCC[C@@H]5c5cccc(F)c5)nn34)n2)CC1. The predicted octanol–water partition coefficient (Wildman–Crippen LogP) is 4.86. The number of allylic oxidation sites excluding steroid dienone is 1. The Bertz CT molecular complexity index is 1580. The van der Waals surface area contributed by atoms with Crippen molar-refractivity contribution in [1.29, 1.82) is 0 Å². The average Bonchev–Trinajstić information content (AvgIpc) is 3.64. The number of ether oxygens (including phenoxy) is 1. The highest BCUT2D eigenvalue weighted by Crippen LogP contribution is 2.35. The molecular weight excluding hydrogens is 521 g/mol. The molecule has 0 aliphatic carbocycles. The van der Waals surface area contributed by atoms with Crippen molar-refractivity contribution in [2.75, 3.05) is 42.5 Å². The van der Waals surface area contributed by atoms with Crippen molar-refractivity contribution in [2.24, 2.45) is 0 Å². The lowest BCUT2D eigenvalue weighted by Gasteiger charge is -2.36. The number of imidazole rings is 1. The molecule has 1 aromatic carbocycles. The lowest BCUT2D eigenvalue weighted by Crippen LogP contribution is -2.51. The molecule has 0 spiro atoms. The van der Waals surface area contributed by atoms with Gasteiger partial charge in [-0.05, 0) is 68.7 Å². The number of nitrogens with zero attached hydrogens (tertiary/aromatic N) is 7. The Labute approximate surface area is 238 Å². The second-order valence-electron chi connectivity index (χ2n) is 10.7. The van der Waals surface area contributed by atoms with Crippen LogP contribution in [-0.2, 0) is 9.53 Å². The summed E-state index contributed by atoms with van der Waals surface area (Å²) in [5, 5.41) is 4.97. The fourth-order valence-corrected chi connectivity index (χ4v) is 5.80. The summed E-state index contributed by atoms with van der Waals surface area (Å²) in [5.41, 5.74) is 3.26. The van der Waals surface area contributed by atoms with Crippen molar-refractivity contribution in [2.45, 2.75) is 38.8 Å². The lowest BCUT2D eigenvalue weighted by atomic mass is 10.0. The van der Waals surface area contributed by atoms with Gasteiger partial charge in [-0.1, -0.05) is 24.8 Å². The van der Waals surface area contributed by atoms with Gasteiger partial charge in [0.2, 0.25) is 0 Å². The Morgan fingerprint density at radius 2 is 1.85 bits per heavy atom. The molecule has 1 amide bonds. The van der Waals surface area contributed by atoms with Gasteiger partial charge < -0.3 is 19.4 Å². The second-order valence-corrected chi connectivity index (χ2v) is 10.7. The smallest absolute Gasteiger partial charge is 0.263 e. The Kier molecular flexibility index (Phi) is 7.30. The van der Waals surface area contributed by atoms with Crippen molar-refractivity contribution >= 4 is 23.2 Å². The Balaban J connectivity index is 1.21. The van der Waals surface area contributed by atoms with E-state index in [1.165, 1.54) is 6.07 Å². The van der Waals surface area contributed by atoms with Crippen LogP contribution in [0.1, 0.15) is 38.3 Å². The zero-order chi connectivity index (χ0) is 28.5. The molecule has 0 unspecified atom stereocenters. The van der Waals surface area contributed by atoms with Gasteiger partial charge in [0, 0.05) is 32.7 Å². The number of halogens is 1. The van der Waals surface area contributed by atoms with Crippen molar-refractivity contribution in [3.8, 4) is 11.4 Å². The van der Waals surface area contributed by atoms with Gasteiger partial charge in [0.05, 0.1) is 23.7 Å². The molecule has 0 saturated carbocycles. The summed E-state index contributed by atoms with van der Waals surface area (Å²) in [4.78, 5) is 28.5. The molecule has 2 atom stereocenters. The number of rotatable bonds is 7. The topological polar surface area (TPSA) is 79.1 Å². The van der Waals surface area contributed by atoms with Crippen LogP contribution in [0.2, 0.25) is 0 Å². The number of fused-ring (bicyclic) bond motifs is 1. The molecule has 3 aromatic heterocycles. The first-order valence-corrected chi connectivity index (χ1v) is 14.1. The monoisotopic (exact) mass is 555 g/mol. The van der Waals surface area contributed by atoms with Crippen LogP contribution in [0, 0.1) is 5.82 Å². The fraction of sp³-hybridized carbons (Fsp3) is 0.355. The summed E-state index contributed by atoms with van der Waals surface area (Å²) in [6.45, 7) is 10.6. The minimum atomic E-state index is -0.544. The first-order chi connectivity index (χ1) is 19.9. The van der Waals surface area contributed by atoms with E-state index < -0.39 is 6.10 Å². The number of hydrogen-bond donors (Lipinski definition) is 0. The Hall–Kier alpha value is -4.47. The van der Waals surface area contributed by atoms with Crippen molar-refractivity contribution in [3.63, 3.8) is 0 Å². The van der Waals surface area contributed by atoms with E-state index in [2.05, 4.69) is 21.4 Å². The molecule has 212 valence electrons. The van der Waals surface area contributed by atoms with Crippen LogP contribution in [-0.4, -0.2) is 69.2 Å². The molecule has 2 aliphatic rings. The largest absolute Gasteiger partial charge is 0.486 e. The lowest BCUT2D eigenvalue weighted by molar-refractivity contribution is -0.140. The van der Waals surface area contributed by atoms with Crippen LogP contribution >= 0.6 is 0 Å². The second kappa shape index (κ2) is 11.2. The summed E-state index contributed by atoms with van der Waals surface area (Å²) < 4.78 is 21.3. The fourth-order valence-electron chi connectivity index (χ4n) is 5.80. The molecule has 2 fully saturated rings. The molecule has 2 aliphatic heterocycles. The number of benzene rings is 1. The molecule has 5 heterocycles. The number of pyridine rings is 1. The van der Waals surface area contributed by atoms with Crippen LogP contribution in [0.25, 0.3) is 17.0 Å². The normalized spacial score (nSPS) is 18.1.